The Hall–Kier alpha value is -2.04. The van der Waals surface area contributed by atoms with E-state index in [2.05, 4.69) is 10.6 Å². The Balaban J connectivity index is 2.06. The van der Waals surface area contributed by atoms with Crippen LogP contribution in [0.4, 0.5) is 4.79 Å². The van der Waals surface area contributed by atoms with E-state index in [1.807, 2.05) is 51.1 Å². The fourth-order valence-electron chi connectivity index (χ4n) is 2.71. The topological polar surface area (TPSA) is 67.4 Å². The lowest BCUT2D eigenvalue weighted by Crippen LogP contribution is -2.45. The Morgan fingerprint density at radius 1 is 1.13 bits per heavy atom. The second-order valence-electron chi connectivity index (χ2n) is 6.98. The van der Waals surface area contributed by atoms with Gasteiger partial charge in [0.05, 0.1) is 0 Å². The molecule has 1 atom stereocenters. The highest BCUT2D eigenvalue weighted by Crippen LogP contribution is 2.20. The van der Waals surface area contributed by atoms with Crippen LogP contribution >= 0.6 is 0 Å². The molecule has 126 valence electrons. The summed E-state index contributed by atoms with van der Waals surface area (Å²) >= 11 is 0. The average molecular weight is 318 g/mol. The van der Waals surface area contributed by atoms with Crippen molar-refractivity contribution in [3.05, 3.63) is 35.9 Å². The number of carbonyl (C=O) groups excluding carboxylic acids is 2. The third-order valence-corrected chi connectivity index (χ3v) is 3.74. The standard InChI is InChI=1S/C18H26N2O3/c1-18(2,3)23-16(21)15(13-9-5-4-6-10-13)20-17(22)19-14-11-7-8-12-14/h4-6,9-10,14-15H,7-8,11-12H2,1-3H3,(H2,19,20,22)/t15-/m1/s1. The smallest absolute Gasteiger partial charge is 0.333 e. The van der Waals surface area contributed by atoms with Crippen molar-refractivity contribution in [1.29, 1.82) is 0 Å². The van der Waals surface area contributed by atoms with Gasteiger partial charge in [0.15, 0.2) is 6.04 Å². The van der Waals surface area contributed by atoms with Gasteiger partial charge in [-0.15, -0.1) is 0 Å². The van der Waals surface area contributed by atoms with Crippen molar-refractivity contribution in [3.8, 4) is 0 Å². The van der Waals surface area contributed by atoms with Crippen LogP contribution in [0.3, 0.4) is 0 Å². The molecule has 0 aliphatic heterocycles. The summed E-state index contributed by atoms with van der Waals surface area (Å²) in [5, 5.41) is 5.70. The van der Waals surface area contributed by atoms with E-state index in [0.29, 0.717) is 5.56 Å². The summed E-state index contributed by atoms with van der Waals surface area (Å²) in [5.74, 6) is -0.453. The molecule has 0 spiro atoms. The number of carbonyl (C=O) groups is 2. The number of hydrogen-bond acceptors (Lipinski definition) is 3. The van der Waals surface area contributed by atoms with Crippen molar-refractivity contribution in [3.63, 3.8) is 0 Å². The van der Waals surface area contributed by atoms with Crippen molar-refractivity contribution >= 4 is 12.0 Å². The predicted molar refractivity (Wildman–Crippen MR) is 89.0 cm³/mol. The number of benzene rings is 1. The van der Waals surface area contributed by atoms with Gasteiger partial charge in [-0.1, -0.05) is 43.2 Å². The highest BCUT2D eigenvalue weighted by Gasteiger charge is 2.29. The second kappa shape index (κ2) is 7.49. The first kappa shape index (κ1) is 17.3. The van der Waals surface area contributed by atoms with Crippen molar-refractivity contribution in [2.24, 2.45) is 0 Å². The highest BCUT2D eigenvalue weighted by molar-refractivity contribution is 5.85. The largest absolute Gasteiger partial charge is 0.458 e. The maximum absolute atomic E-state index is 12.5. The van der Waals surface area contributed by atoms with Crippen LogP contribution < -0.4 is 10.6 Å². The zero-order valence-electron chi connectivity index (χ0n) is 14.1. The molecule has 0 heterocycles. The number of rotatable bonds is 4. The van der Waals surface area contributed by atoms with Gasteiger partial charge in [0.1, 0.15) is 5.60 Å². The number of ether oxygens (including phenoxy) is 1. The molecule has 0 unspecified atom stereocenters. The second-order valence-corrected chi connectivity index (χ2v) is 6.98. The minimum atomic E-state index is -0.808. The van der Waals surface area contributed by atoms with Crippen molar-refractivity contribution < 1.29 is 14.3 Å². The van der Waals surface area contributed by atoms with E-state index in [1.54, 1.807) is 0 Å². The number of nitrogens with one attached hydrogen (secondary N) is 2. The zero-order chi connectivity index (χ0) is 16.9. The van der Waals surface area contributed by atoms with E-state index in [4.69, 9.17) is 4.74 Å². The Morgan fingerprint density at radius 3 is 2.30 bits per heavy atom. The van der Waals surface area contributed by atoms with Gasteiger partial charge >= 0.3 is 12.0 Å². The molecule has 5 nitrogen and oxygen atoms in total. The van der Waals surface area contributed by atoms with Gasteiger partial charge in [-0.2, -0.15) is 0 Å². The number of hydrogen-bond donors (Lipinski definition) is 2. The van der Waals surface area contributed by atoms with Crippen molar-refractivity contribution in [1.82, 2.24) is 10.6 Å². The number of amides is 2. The molecule has 1 aliphatic rings. The Labute approximate surface area is 137 Å². The molecule has 2 N–H and O–H groups in total. The molecule has 1 aromatic carbocycles. The molecule has 5 heteroatoms. The molecule has 2 rings (SSSR count). The van der Waals surface area contributed by atoms with E-state index in [-0.39, 0.29) is 12.1 Å². The SMILES string of the molecule is CC(C)(C)OC(=O)[C@H](NC(=O)NC1CCCC1)c1ccccc1. The minimum absolute atomic E-state index is 0.199. The molecule has 1 aromatic rings. The lowest BCUT2D eigenvalue weighted by atomic mass is 10.1. The normalized spacial score (nSPS) is 16.7. The fraction of sp³-hybridized carbons (Fsp3) is 0.556. The Bertz CT molecular complexity index is 531. The van der Waals surface area contributed by atoms with Gasteiger partial charge in [-0.25, -0.2) is 9.59 Å². The van der Waals surface area contributed by atoms with Gasteiger partial charge in [-0.3, -0.25) is 0 Å². The van der Waals surface area contributed by atoms with Gasteiger partial charge in [0.25, 0.3) is 0 Å². The molecular formula is C18H26N2O3. The van der Waals surface area contributed by atoms with Crippen LogP contribution in [0.1, 0.15) is 58.1 Å². The number of urea groups is 1. The van der Waals surface area contributed by atoms with Gasteiger partial charge in [0.2, 0.25) is 0 Å². The quantitative estimate of drug-likeness (QED) is 0.837. The van der Waals surface area contributed by atoms with Gasteiger partial charge in [-0.05, 0) is 39.2 Å². The fourth-order valence-corrected chi connectivity index (χ4v) is 2.71. The van der Waals surface area contributed by atoms with E-state index in [1.165, 1.54) is 0 Å². The third kappa shape index (κ3) is 5.58. The van der Waals surface area contributed by atoms with Crippen LogP contribution in [0.15, 0.2) is 30.3 Å². The molecule has 2 amide bonds. The van der Waals surface area contributed by atoms with Crippen LogP contribution in [0.2, 0.25) is 0 Å². The summed E-state index contributed by atoms with van der Waals surface area (Å²) in [6, 6.07) is 8.23. The first-order valence-electron chi connectivity index (χ1n) is 8.20. The molecular weight excluding hydrogens is 292 g/mol. The first-order valence-corrected chi connectivity index (χ1v) is 8.20. The van der Waals surface area contributed by atoms with E-state index in [9.17, 15) is 9.59 Å². The van der Waals surface area contributed by atoms with E-state index < -0.39 is 17.6 Å². The Morgan fingerprint density at radius 2 is 1.74 bits per heavy atom. The molecule has 1 saturated carbocycles. The molecule has 23 heavy (non-hydrogen) atoms. The van der Waals surface area contributed by atoms with E-state index >= 15 is 0 Å². The van der Waals surface area contributed by atoms with E-state index in [0.717, 1.165) is 25.7 Å². The van der Waals surface area contributed by atoms with Gasteiger partial charge < -0.3 is 15.4 Å². The van der Waals surface area contributed by atoms with Crippen LogP contribution in [-0.4, -0.2) is 23.6 Å². The Kier molecular flexibility index (Phi) is 5.64. The first-order chi connectivity index (χ1) is 10.8. The molecule has 0 aromatic heterocycles. The minimum Gasteiger partial charge on any atom is -0.458 e. The lowest BCUT2D eigenvalue weighted by Gasteiger charge is -2.25. The lowest BCUT2D eigenvalue weighted by molar-refractivity contribution is -0.157. The molecule has 1 aliphatic carbocycles. The highest BCUT2D eigenvalue weighted by atomic mass is 16.6. The summed E-state index contributed by atoms with van der Waals surface area (Å²) in [4.78, 5) is 24.7. The summed E-state index contributed by atoms with van der Waals surface area (Å²) < 4.78 is 5.44. The van der Waals surface area contributed by atoms with Crippen LogP contribution in [-0.2, 0) is 9.53 Å². The van der Waals surface area contributed by atoms with Crippen LogP contribution in [0.5, 0.6) is 0 Å². The van der Waals surface area contributed by atoms with Crippen LogP contribution in [0.25, 0.3) is 0 Å². The average Bonchev–Trinajstić information content (AvgIpc) is 2.96. The third-order valence-electron chi connectivity index (χ3n) is 3.74. The maximum Gasteiger partial charge on any atom is 0.333 e. The maximum atomic E-state index is 12.5. The van der Waals surface area contributed by atoms with Crippen molar-refractivity contribution in [2.45, 2.75) is 64.1 Å². The van der Waals surface area contributed by atoms with Crippen molar-refractivity contribution in [2.75, 3.05) is 0 Å². The molecule has 0 radical (unpaired) electrons. The molecule has 0 saturated heterocycles. The van der Waals surface area contributed by atoms with Crippen LogP contribution in [0, 0.1) is 0 Å². The number of esters is 1. The van der Waals surface area contributed by atoms with Gasteiger partial charge in [0, 0.05) is 6.04 Å². The molecule has 0 bridgehead atoms. The summed E-state index contributed by atoms with van der Waals surface area (Å²) in [5.41, 5.74) is 0.108. The predicted octanol–water partition coefficient (Wildman–Crippen LogP) is 3.31. The summed E-state index contributed by atoms with van der Waals surface area (Å²) in [6.07, 6.45) is 4.27. The summed E-state index contributed by atoms with van der Waals surface area (Å²) in [7, 11) is 0. The molecule has 1 fully saturated rings. The zero-order valence-corrected chi connectivity index (χ0v) is 14.1. The summed E-state index contributed by atoms with van der Waals surface area (Å²) in [6.45, 7) is 5.43. The monoisotopic (exact) mass is 318 g/mol.